The predicted octanol–water partition coefficient (Wildman–Crippen LogP) is 2.98. The number of hydrogen-bond acceptors (Lipinski definition) is 1. The van der Waals surface area contributed by atoms with Crippen LogP contribution in [0.15, 0.2) is 35.5 Å². The first kappa shape index (κ1) is 9.71. The number of allylic oxidation sites excluding steroid dienone is 6. The average Bonchev–Trinajstić information content (AvgIpc) is 2.01. The van der Waals surface area contributed by atoms with Gasteiger partial charge in [0.2, 0.25) is 0 Å². The summed E-state index contributed by atoms with van der Waals surface area (Å²) in [6, 6.07) is 2.09. The molecule has 0 aliphatic heterocycles. The molecule has 0 spiro atoms. The molecule has 58 valence electrons. The first-order valence-electron chi connectivity index (χ1n) is 3.62. The van der Waals surface area contributed by atoms with Gasteiger partial charge >= 0.3 is 0 Å². The first-order chi connectivity index (χ1) is 5.24. The van der Waals surface area contributed by atoms with Crippen LogP contribution in [-0.4, -0.2) is 0 Å². The lowest BCUT2D eigenvalue weighted by atomic mass is 10.2. The van der Waals surface area contributed by atoms with Crippen LogP contribution in [0.2, 0.25) is 0 Å². The molecular weight excluding hydrogens is 134 g/mol. The van der Waals surface area contributed by atoms with E-state index in [2.05, 4.69) is 6.07 Å². The van der Waals surface area contributed by atoms with Crippen molar-refractivity contribution in [2.75, 3.05) is 0 Å². The molecule has 11 heavy (non-hydrogen) atoms. The molecule has 0 bridgehead atoms. The molecule has 0 rings (SSSR count). The van der Waals surface area contributed by atoms with Crippen molar-refractivity contribution in [3.63, 3.8) is 0 Å². The second-order valence-electron chi connectivity index (χ2n) is 2.24. The third-order valence-corrected chi connectivity index (χ3v) is 1.25. The largest absolute Gasteiger partial charge is 0.192 e. The Morgan fingerprint density at radius 1 is 1.36 bits per heavy atom. The fourth-order valence-electron chi connectivity index (χ4n) is 0.736. The Balaban J connectivity index is 4.44. The summed E-state index contributed by atoms with van der Waals surface area (Å²) in [5.74, 6) is 0. The lowest BCUT2D eigenvalue weighted by molar-refractivity contribution is 1.44. The van der Waals surface area contributed by atoms with Crippen LogP contribution in [0.5, 0.6) is 0 Å². The zero-order valence-electron chi connectivity index (χ0n) is 7.26. The molecule has 0 saturated heterocycles. The van der Waals surface area contributed by atoms with Crippen LogP contribution in [-0.2, 0) is 0 Å². The molecule has 0 unspecified atom stereocenters. The maximum atomic E-state index is 8.56. The van der Waals surface area contributed by atoms with Crippen LogP contribution >= 0.6 is 0 Å². The summed E-state index contributed by atoms with van der Waals surface area (Å²) in [5.41, 5.74) is 1.81. The zero-order chi connectivity index (χ0) is 8.69. The quantitative estimate of drug-likeness (QED) is 0.435. The zero-order valence-corrected chi connectivity index (χ0v) is 7.26. The molecule has 0 aromatic rings. The van der Waals surface area contributed by atoms with Crippen molar-refractivity contribution >= 4 is 0 Å². The molecule has 0 radical (unpaired) electrons. The van der Waals surface area contributed by atoms with Crippen LogP contribution in [0, 0.1) is 11.3 Å². The third kappa shape index (κ3) is 4.16. The van der Waals surface area contributed by atoms with E-state index in [0.29, 0.717) is 5.57 Å². The minimum Gasteiger partial charge on any atom is -0.192 e. The Morgan fingerprint density at radius 3 is 2.36 bits per heavy atom. The van der Waals surface area contributed by atoms with Gasteiger partial charge in [-0.25, -0.2) is 0 Å². The molecule has 0 aromatic carbocycles. The Morgan fingerprint density at radius 2 is 2.00 bits per heavy atom. The minimum absolute atomic E-state index is 0.709. The van der Waals surface area contributed by atoms with Gasteiger partial charge in [-0.3, -0.25) is 0 Å². The van der Waals surface area contributed by atoms with E-state index in [4.69, 9.17) is 5.26 Å². The molecule has 0 atom stereocenters. The van der Waals surface area contributed by atoms with Crippen molar-refractivity contribution in [2.24, 2.45) is 0 Å². The molecule has 0 aromatic heterocycles. The molecule has 1 nitrogen and oxygen atoms in total. The molecule has 0 N–H and O–H groups in total. The van der Waals surface area contributed by atoms with Crippen molar-refractivity contribution in [3.8, 4) is 6.07 Å². The summed E-state index contributed by atoms with van der Waals surface area (Å²) in [7, 11) is 0. The third-order valence-electron chi connectivity index (χ3n) is 1.25. The van der Waals surface area contributed by atoms with E-state index in [1.54, 1.807) is 6.08 Å². The minimum atomic E-state index is 0.709. The predicted molar refractivity (Wildman–Crippen MR) is 47.9 cm³/mol. The van der Waals surface area contributed by atoms with Crippen LogP contribution in [0.1, 0.15) is 20.8 Å². The van der Waals surface area contributed by atoms with E-state index in [0.717, 1.165) is 5.57 Å². The second-order valence-corrected chi connectivity index (χ2v) is 2.24. The van der Waals surface area contributed by atoms with E-state index in [1.807, 2.05) is 39.0 Å². The Labute approximate surface area is 68.3 Å². The lowest BCUT2D eigenvalue weighted by Gasteiger charge is -1.89. The van der Waals surface area contributed by atoms with Crippen molar-refractivity contribution in [3.05, 3.63) is 35.5 Å². The van der Waals surface area contributed by atoms with E-state index in [-0.39, 0.29) is 0 Å². The number of hydrogen-bond donors (Lipinski definition) is 0. The van der Waals surface area contributed by atoms with Gasteiger partial charge in [-0.15, -0.1) is 0 Å². The summed E-state index contributed by atoms with van der Waals surface area (Å²) < 4.78 is 0. The highest BCUT2D eigenvalue weighted by atomic mass is 14.2. The van der Waals surface area contributed by atoms with Crippen molar-refractivity contribution in [1.82, 2.24) is 0 Å². The van der Waals surface area contributed by atoms with Crippen LogP contribution in [0.3, 0.4) is 0 Å². The highest BCUT2D eigenvalue weighted by Crippen LogP contribution is 2.01. The van der Waals surface area contributed by atoms with E-state index in [1.165, 1.54) is 0 Å². The fraction of sp³-hybridized carbons (Fsp3) is 0.300. The molecule has 0 amide bonds. The molecule has 0 aliphatic rings. The van der Waals surface area contributed by atoms with Gasteiger partial charge in [0.05, 0.1) is 6.07 Å². The van der Waals surface area contributed by atoms with Gasteiger partial charge in [0, 0.05) is 5.57 Å². The van der Waals surface area contributed by atoms with Gasteiger partial charge in [-0.1, -0.05) is 23.8 Å². The van der Waals surface area contributed by atoms with E-state index >= 15 is 0 Å². The molecule has 1 heteroatoms. The maximum absolute atomic E-state index is 8.56. The van der Waals surface area contributed by atoms with Gasteiger partial charge in [0.25, 0.3) is 0 Å². The summed E-state index contributed by atoms with van der Waals surface area (Å²) in [6.07, 6.45) is 7.59. The van der Waals surface area contributed by atoms with E-state index in [9.17, 15) is 0 Å². The maximum Gasteiger partial charge on any atom is 0.0988 e. The van der Waals surface area contributed by atoms with Crippen molar-refractivity contribution in [2.45, 2.75) is 20.8 Å². The summed E-state index contributed by atoms with van der Waals surface area (Å²) in [4.78, 5) is 0. The normalized spacial score (nSPS) is 13.6. The molecular formula is C10H13N. The molecule has 0 heterocycles. The van der Waals surface area contributed by atoms with Crippen molar-refractivity contribution < 1.29 is 0 Å². The summed E-state index contributed by atoms with van der Waals surface area (Å²) in [6.45, 7) is 5.79. The lowest BCUT2D eigenvalue weighted by Crippen LogP contribution is -1.73. The van der Waals surface area contributed by atoms with Gasteiger partial charge in [0.15, 0.2) is 0 Å². The van der Waals surface area contributed by atoms with Gasteiger partial charge in [-0.2, -0.15) is 5.26 Å². The van der Waals surface area contributed by atoms with E-state index < -0.39 is 0 Å². The Bertz CT molecular complexity index is 236. The topological polar surface area (TPSA) is 23.8 Å². The van der Waals surface area contributed by atoms with Crippen molar-refractivity contribution in [1.29, 1.82) is 5.26 Å². The summed E-state index contributed by atoms with van der Waals surface area (Å²) >= 11 is 0. The number of nitrogens with zero attached hydrogens (tertiary/aromatic N) is 1. The van der Waals surface area contributed by atoms with Gasteiger partial charge < -0.3 is 0 Å². The van der Waals surface area contributed by atoms with Crippen LogP contribution in [0.25, 0.3) is 0 Å². The first-order valence-corrected chi connectivity index (χ1v) is 3.62. The molecule has 0 fully saturated rings. The monoisotopic (exact) mass is 147 g/mol. The Kier molecular flexibility index (Phi) is 4.85. The average molecular weight is 147 g/mol. The molecule has 0 aliphatic carbocycles. The fourth-order valence-corrected chi connectivity index (χ4v) is 0.736. The standard InChI is InChI=1S/C10H13N/c1-4-6-9(3)7-10(5-2)8-11/h4-7H,1-3H3/b6-4+,9-7-,10-5+. The molecule has 0 saturated carbocycles. The second kappa shape index (κ2) is 5.49. The number of nitriles is 1. The summed E-state index contributed by atoms with van der Waals surface area (Å²) in [5, 5.41) is 8.56. The van der Waals surface area contributed by atoms with Gasteiger partial charge in [-0.05, 0) is 26.8 Å². The van der Waals surface area contributed by atoms with Crippen LogP contribution < -0.4 is 0 Å². The highest BCUT2D eigenvalue weighted by molar-refractivity contribution is 5.37. The SMILES string of the molecule is C/C=C/C(C)=C\C(C#N)=C/C. The van der Waals surface area contributed by atoms with Gasteiger partial charge in [0.1, 0.15) is 0 Å². The van der Waals surface area contributed by atoms with Crippen LogP contribution in [0.4, 0.5) is 0 Å². The number of rotatable bonds is 2. The Hall–Kier alpha value is -1.29. The highest BCUT2D eigenvalue weighted by Gasteiger charge is 1.86. The smallest absolute Gasteiger partial charge is 0.0988 e.